The van der Waals surface area contributed by atoms with Crippen LogP contribution in [-0.2, 0) is 6.54 Å². The molecule has 0 N–H and O–H groups in total. The van der Waals surface area contributed by atoms with Gasteiger partial charge in [0.05, 0.1) is 24.7 Å². The van der Waals surface area contributed by atoms with Crippen LogP contribution < -0.4 is 9.47 Å². The van der Waals surface area contributed by atoms with Crippen molar-refractivity contribution in [2.45, 2.75) is 32.2 Å². The molecule has 0 saturated carbocycles. The number of rotatable bonds is 8. The van der Waals surface area contributed by atoms with Crippen LogP contribution in [0.2, 0.25) is 0 Å². The summed E-state index contributed by atoms with van der Waals surface area (Å²) in [6.07, 6.45) is 2.70. The fourth-order valence-corrected chi connectivity index (χ4v) is 1.93. The van der Waals surface area contributed by atoms with Crippen LogP contribution in [0.15, 0.2) is 30.5 Å². The SMILES string of the molecule is CCOc1ccc(OCCn2cc(C(Cl)CC)nn2)cc1. The minimum absolute atomic E-state index is 0.0780. The van der Waals surface area contributed by atoms with Gasteiger partial charge in [-0.05, 0) is 37.6 Å². The Hall–Kier alpha value is -1.75. The number of alkyl halides is 1. The Bertz CT molecular complexity index is 542. The fraction of sp³-hybridized carbons (Fsp3) is 0.467. The maximum atomic E-state index is 6.12. The van der Waals surface area contributed by atoms with E-state index in [9.17, 15) is 0 Å². The van der Waals surface area contributed by atoms with Gasteiger partial charge < -0.3 is 9.47 Å². The van der Waals surface area contributed by atoms with Gasteiger partial charge in [0, 0.05) is 0 Å². The van der Waals surface area contributed by atoms with Gasteiger partial charge in [-0.25, -0.2) is 4.68 Å². The number of nitrogens with zero attached hydrogens (tertiary/aromatic N) is 3. The van der Waals surface area contributed by atoms with Crippen molar-refractivity contribution >= 4 is 11.6 Å². The number of hydrogen-bond donors (Lipinski definition) is 0. The van der Waals surface area contributed by atoms with Gasteiger partial charge in [-0.3, -0.25) is 0 Å². The zero-order valence-corrected chi connectivity index (χ0v) is 13.1. The molecule has 2 rings (SSSR count). The van der Waals surface area contributed by atoms with E-state index in [0.717, 1.165) is 23.6 Å². The van der Waals surface area contributed by atoms with E-state index in [-0.39, 0.29) is 5.38 Å². The van der Waals surface area contributed by atoms with Gasteiger partial charge in [0.2, 0.25) is 0 Å². The standard InChI is InChI=1S/C15H20ClN3O2/c1-3-14(16)15-11-19(18-17-15)9-10-21-13-7-5-12(6-8-13)20-4-2/h5-8,11,14H,3-4,9-10H2,1-2H3. The first-order chi connectivity index (χ1) is 10.2. The summed E-state index contributed by atoms with van der Waals surface area (Å²) < 4.78 is 12.8. The molecule has 0 fully saturated rings. The topological polar surface area (TPSA) is 49.2 Å². The van der Waals surface area contributed by atoms with Crippen molar-refractivity contribution in [1.82, 2.24) is 15.0 Å². The monoisotopic (exact) mass is 309 g/mol. The molecule has 0 aliphatic rings. The quantitative estimate of drug-likeness (QED) is 0.701. The van der Waals surface area contributed by atoms with Crippen LogP contribution in [0.1, 0.15) is 31.3 Å². The minimum atomic E-state index is -0.0780. The fourth-order valence-electron chi connectivity index (χ4n) is 1.83. The summed E-state index contributed by atoms with van der Waals surface area (Å²) in [6, 6.07) is 7.57. The van der Waals surface area contributed by atoms with Gasteiger partial charge in [0.25, 0.3) is 0 Å². The molecule has 2 aromatic rings. The Morgan fingerprint density at radius 2 is 1.81 bits per heavy atom. The first-order valence-electron chi connectivity index (χ1n) is 7.12. The molecular weight excluding hydrogens is 290 g/mol. The Morgan fingerprint density at radius 3 is 2.43 bits per heavy atom. The maximum Gasteiger partial charge on any atom is 0.119 e. The molecular formula is C15H20ClN3O2. The first kappa shape index (κ1) is 15.6. The van der Waals surface area contributed by atoms with E-state index in [4.69, 9.17) is 21.1 Å². The van der Waals surface area contributed by atoms with Crippen molar-refractivity contribution in [3.05, 3.63) is 36.2 Å². The molecule has 1 aromatic heterocycles. The Morgan fingerprint density at radius 1 is 1.14 bits per heavy atom. The molecule has 1 heterocycles. The summed E-state index contributed by atoms with van der Waals surface area (Å²) in [4.78, 5) is 0. The second-order valence-electron chi connectivity index (χ2n) is 4.54. The average molecular weight is 310 g/mol. The van der Waals surface area contributed by atoms with Gasteiger partial charge in [-0.1, -0.05) is 12.1 Å². The number of halogens is 1. The highest BCUT2D eigenvalue weighted by atomic mass is 35.5. The number of hydrogen-bond acceptors (Lipinski definition) is 4. The summed E-state index contributed by atoms with van der Waals surface area (Å²) in [7, 11) is 0. The van der Waals surface area contributed by atoms with Gasteiger partial charge in [-0.15, -0.1) is 16.7 Å². The second-order valence-corrected chi connectivity index (χ2v) is 5.06. The summed E-state index contributed by atoms with van der Waals surface area (Å²) in [5.41, 5.74) is 0.806. The highest BCUT2D eigenvalue weighted by molar-refractivity contribution is 6.20. The summed E-state index contributed by atoms with van der Waals surface area (Å²) in [5.74, 6) is 1.65. The third kappa shape index (κ3) is 4.63. The average Bonchev–Trinajstić information content (AvgIpc) is 2.97. The zero-order valence-electron chi connectivity index (χ0n) is 12.3. The van der Waals surface area contributed by atoms with Crippen molar-refractivity contribution in [3.8, 4) is 11.5 Å². The predicted octanol–water partition coefficient (Wildman–Crippen LogP) is 3.45. The maximum absolute atomic E-state index is 6.12. The van der Waals surface area contributed by atoms with E-state index in [1.54, 1.807) is 4.68 Å². The molecule has 0 bridgehead atoms. The van der Waals surface area contributed by atoms with Crippen molar-refractivity contribution in [3.63, 3.8) is 0 Å². The molecule has 0 aliphatic heterocycles. The van der Waals surface area contributed by atoms with Gasteiger partial charge in [-0.2, -0.15) is 0 Å². The molecule has 1 atom stereocenters. The molecule has 5 nitrogen and oxygen atoms in total. The number of aromatic nitrogens is 3. The van der Waals surface area contributed by atoms with E-state index in [1.807, 2.05) is 44.3 Å². The Kier molecular flexibility index (Phi) is 5.87. The van der Waals surface area contributed by atoms with E-state index < -0.39 is 0 Å². The summed E-state index contributed by atoms with van der Waals surface area (Å²) >= 11 is 6.12. The lowest BCUT2D eigenvalue weighted by Gasteiger charge is -2.07. The van der Waals surface area contributed by atoms with Crippen molar-refractivity contribution in [2.75, 3.05) is 13.2 Å². The first-order valence-corrected chi connectivity index (χ1v) is 7.56. The second kappa shape index (κ2) is 7.88. The minimum Gasteiger partial charge on any atom is -0.494 e. The number of ether oxygens (including phenoxy) is 2. The molecule has 21 heavy (non-hydrogen) atoms. The van der Waals surface area contributed by atoms with Crippen molar-refractivity contribution < 1.29 is 9.47 Å². The van der Waals surface area contributed by atoms with E-state index in [2.05, 4.69) is 10.3 Å². The molecule has 1 aromatic carbocycles. The van der Waals surface area contributed by atoms with E-state index in [1.165, 1.54) is 0 Å². The molecule has 0 saturated heterocycles. The van der Waals surface area contributed by atoms with Crippen LogP contribution in [0.5, 0.6) is 11.5 Å². The van der Waals surface area contributed by atoms with Gasteiger partial charge in [0.1, 0.15) is 23.8 Å². The van der Waals surface area contributed by atoms with Crippen LogP contribution in [0.3, 0.4) is 0 Å². The van der Waals surface area contributed by atoms with Gasteiger partial charge in [0.15, 0.2) is 0 Å². The molecule has 6 heteroatoms. The molecule has 0 spiro atoms. The van der Waals surface area contributed by atoms with Gasteiger partial charge >= 0.3 is 0 Å². The molecule has 0 amide bonds. The van der Waals surface area contributed by atoms with Crippen LogP contribution in [0.4, 0.5) is 0 Å². The lowest BCUT2D eigenvalue weighted by Crippen LogP contribution is -2.08. The number of benzene rings is 1. The molecule has 0 radical (unpaired) electrons. The summed E-state index contributed by atoms with van der Waals surface area (Å²) in [6.45, 7) is 5.80. The molecule has 0 aliphatic carbocycles. The lowest BCUT2D eigenvalue weighted by molar-refractivity contribution is 0.288. The van der Waals surface area contributed by atoms with Crippen molar-refractivity contribution in [2.24, 2.45) is 0 Å². The van der Waals surface area contributed by atoms with Crippen LogP contribution >= 0.6 is 11.6 Å². The smallest absolute Gasteiger partial charge is 0.119 e. The normalized spacial score (nSPS) is 12.1. The van der Waals surface area contributed by atoms with Crippen LogP contribution in [0.25, 0.3) is 0 Å². The largest absolute Gasteiger partial charge is 0.494 e. The highest BCUT2D eigenvalue weighted by Gasteiger charge is 2.09. The molecule has 1 unspecified atom stereocenters. The van der Waals surface area contributed by atoms with Crippen LogP contribution in [-0.4, -0.2) is 28.2 Å². The molecule has 114 valence electrons. The zero-order chi connectivity index (χ0) is 15.1. The van der Waals surface area contributed by atoms with E-state index in [0.29, 0.717) is 19.8 Å². The Labute approximate surface area is 129 Å². The third-order valence-electron chi connectivity index (χ3n) is 2.96. The highest BCUT2D eigenvalue weighted by Crippen LogP contribution is 2.21. The summed E-state index contributed by atoms with van der Waals surface area (Å²) in [5, 5.41) is 8.01. The van der Waals surface area contributed by atoms with Crippen LogP contribution in [0, 0.1) is 0 Å². The lowest BCUT2D eigenvalue weighted by atomic mass is 10.3. The van der Waals surface area contributed by atoms with E-state index >= 15 is 0 Å². The van der Waals surface area contributed by atoms with Crippen molar-refractivity contribution in [1.29, 1.82) is 0 Å². The third-order valence-corrected chi connectivity index (χ3v) is 3.49. The Balaban J connectivity index is 1.79. The predicted molar refractivity (Wildman–Crippen MR) is 82.0 cm³/mol.